The van der Waals surface area contributed by atoms with E-state index >= 15 is 0 Å². The van der Waals surface area contributed by atoms with E-state index in [1.807, 2.05) is 0 Å². The highest BCUT2D eigenvalue weighted by molar-refractivity contribution is 6.28. The minimum absolute atomic E-state index is 0.0162. The van der Waals surface area contributed by atoms with E-state index in [0.29, 0.717) is 5.69 Å². The average Bonchev–Trinajstić information content (AvgIpc) is 2.27. The Hall–Kier alpha value is -2.08. The second-order valence-corrected chi connectivity index (χ2v) is 3.85. The summed E-state index contributed by atoms with van der Waals surface area (Å²) in [5.74, 6) is -1.04. The molecule has 92 valence electrons. The SMILES string of the molecule is Cc1cc(C(=O)Nc2cncc(F)c2)nc(Cl)n1. The van der Waals surface area contributed by atoms with E-state index in [2.05, 4.69) is 20.3 Å². The van der Waals surface area contributed by atoms with Gasteiger partial charge in [-0.05, 0) is 24.6 Å². The third-order valence-corrected chi connectivity index (χ3v) is 2.19. The van der Waals surface area contributed by atoms with Crippen LogP contribution in [0.4, 0.5) is 10.1 Å². The summed E-state index contributed by atoms with van der Waals surface area (Å²) < 4.78 is 12.9. The Morgan fingerprint density at radius 1 is 1.33 bits per heavy atom. The first-order valence-corrected chi connectivity index (χ1v) is 5.35. The molecule has 0 spiro atoms. The van der Waals surface area contributed by atoms with Crippen molar-refractivity contribution >= 4 is 23.2 Å². The van der Waals surface area contributed by atoms with Crippen LogP contribution in [0.15, 0.2) is 24.5 Å². The summed E-state index contributed by atoms with van der Waals surface area (Å²) in [6, 6.07) is 2.63. The van der Waals surface area contributed by atoms with Crippen molar-refractivity contribution in [3.63, 3.8) is 0 Å². The molecule has 2 heterocycles. The van der Waals surface area contributed by atoms with E-state index in [4.69, 9.17) is 11.6 Å². The van der Waals surface area contributed by atoms with E-state index in [1.165, 1.54) is 12.3 Å². The number of aryl methyl sites for hydroxylation is 1. The Labute approximate surface area is 107 Å². The molecule has 0 radical (unpaired) electrons. The molecule has 0 bridgehead atoms. The van der Waals surface area contributed by atoms with E-state index < -0.39 is 11.7 Å². The van der Waals surface area contributed by atoms with Gasteiger partial charge in [0, 0.05) is 11.8 Å². The van der Waals surface area contributed by atoms with Crippen LogP contribution < -0.4 is 5.32 Å². The molecule has 1 N–H and O–H groups in total. The topological polar surface area (TPSA) is 67.8 Å². The number of hydrogen-bond donors (Lipinski definition) is 1. The summed E-state index contributed by atoms with van der Waals surface area (Å²) >= 11 is 5.65. The summed E-state index contributed by atoms with van der Waals surface area (Å²) in [6.45, 7) is 1.69. The van der Waals surface area contributed by atoms with Gasteiger partial charge in [-0.15, -0.1) is 0 Å². The van der Waals surface area contributed by atoms with Crippen molar-refractivity contribution in [2.24, 2.45) is 0 Å². The predicted octanol–water partition coefficient (Wildman–Crippen LogP) is 2.22. The van der Waals surface area contributed by atoms with Gasteiger partial charge in [0.2, 0.25) is 5.28 Å². The highest BCUT2D eigenvalue weighted by Gasteiger charge is 2.10. The van der Waals surface area contributed by atoms with Crippen LogP contribution in [0.5, 0.6) is 0 Å². The Bertz CT molecular complexity index is 585. The monoisotopic (exact) mass is 266 g/mol. The lowest BCUT2D eigenvalue weighted by Crippen LogP contribution is -2.14. The molecule has 5 nitrogen and oxygen atoms in total. The van der Waals surface area contributed by atoms with E-state index in [0.717, 1.165) is 12.3 Å². The Kier molecular flexibility index (Phi) is 3.47. The fourth-order valence-electron chi connectivity index (χ4n) is 1.32. The number of amides is 1. The number of halogens is 2. The van der Waals surface area contributed by atoms with Crippen molar-refractivity contribution in [1.29, 1.82) is 0 Å². The zero-order valence-corrected chi connectivity index (χ0v) is 10.1. The normalized spacial score (nSPS) is 10.2. The summed E-state index contributed by atoms with van der Waals surface area (Å²) in [7, 11) is 0. The van der Waals surface area contributed by atoms with Gasteiger partial charge in [-0.25, -0.2) is 14.4 Å². The number of carbonyl (C=O) groups is 1. The Balaban J connectivity index is 2.22. The van der Waals surface area contributed by atoms with Crippen molar-refractivity contribution in [3.8, 4) is 0 Å². The fraction of sp³-hybridized carbons (Fsp3) is 0.0909. The summed E-state index contributed by atoms with van der Waals surface area (Å²) in [4.78, 5) is 23.1. The van der Waals surface area contributed by atoms with Crippen LogP contribution in [0.1, 0.15) is 16.2 Å². The predicted molar refractivity (Wildman–Crippen MR) is 63.9 cm³/mol. The second-order valence-electron chi connectivity index (χ2n) is 3.51. The molecule has 0 unspecified atom stereocenters. The van der Waals surface area contributed by atoms with Crippen molar-refractivity contribution in [1.82, 2.24) is 15.0 Å². The second kappa shape index (κ2) is 5.05. The van der Waals surface area contributed by atoms with Gasteiger partial charge in [0.25, 0.3) is 5.91 Å². The molecule has 0 aliphatic carbocycles. The van der Waals surface area contributed by atoms with Gasteiger partial charge in [0.15, 0.2) is 0 Å². The third kappa shape index (κ3) is 2.98. The average molecular weight is 267 g/mol. The molecular formula is C11H8ClFN4O. The first-order chi connectivity index (χ1) is 8.54. The largest absolute Gasteiger partial charge is 0.319 e. The quantitative estimate of drug-likeness (QED) is 0.847. The highest BCUT2D eigenvalue weighted by atomic mass is 35.5. The standard InChI is InChI=1S/C11H8ClFN4O/c1-6-2-9(17-11(12)15-6)10(18)16-8-3-7(13)4-14-5-8/h2-5H,1H3,(H,16,18). The maximum Gasteiger partial charge on any atom is 0.274 e. The van der Waals surface area contributed by atoms with Crippen molar-refractivity contribution < 1.29 is 9.18 Å². The van der Waals surface area contributed by atoms with Gasteiger partial charge in [0.1, 0.15) is 11.5 Å². The van der Waals surface area contributed by atoms with Crippen LogP contribution in [0.2, 0.25) is 5.28 Å². The van der Waals surface area contributed by atoms with Crippen molar-refractivity contribution in [3.05, 3.63) is 47.0 Å². The van der Waals surface area contributed by atoms with Crippen molar-refractivity contribution in [2.45, 2.75) is 6.92 Å². The molecule has 0 saturated carbocycles. The number of carbonyl (C=O) groups excluding carboxylic acids is 1. The molecule has 0 atom stereocenters. The molecule has 2 aromatic rings. The smallest absolute Gasteiger partial charge is 0.274 e. The zero-order chi connectivity index (χ0) is 13.1. The molecule has 0 fully saturated rings. The number of rotatable bonds is 2. The molecule has 7 heteroatoms. The summed E-state index contributed by atoms with van der Waals surface area (Å²) in [5, 5.41) is 2.45. The number of nitrogens with one attached hydrogen (secondary N) is 1. The maximum absolute atomic E-state index is 12.9. The van der Waals surface area contributed by atoms with Gasteiger partial charge in [0.05, 0.1) is 18.1 Å². The van der Waals surface area contributed by atoms with Crippen LogP contribution in [0.3, 0.4) is 0 Å². The van der Waals surface area contributed by atoms with Crippen LogP contribution in [-0.2, 0) is 0 Å². The number of pyridine rings is 1. The molecule has 2 rings (SSSR count). The third-order valence-electron chi connectivity index (χ3n) is 2.02. The molecule has 2 aromatic heterocycles. The molecule has 0 aromatic carbocycles. The lowest BCUT2D eigenvalue weighted by molar-refractivity contribution is 0.102. The van der Waals surface area contributed by atoms with E-state index in [9.17, 15) is 9.18 Å². The van der Waals surface area contributed by atoms with Gasteiger partial charge in [-0.2, -0.15) is 0 Å². The number of aromatic nitrogens is 3. The molecular weight excluding hydrogens is 259 g/mol. The number of anilines is 1. The first kappa shape index (κ1) is 12.4. The minimum Gasteiger partial charge on any atom is -0.319 e. The lowest BCUT2D eigenvalue weighted by Gasteiger charge is -2.05. The molecule has 0 aliphatic heterocycles. The highest BCUT2D eigenvalue weighted by Crippen LogP contribution is 2.10. The van der Waals surface area contributed by atoms with E-state index in [-0.39, 0.29) is 16.7 Å². The van der Waals surface area contributed by atoms with Crippen molar-refractivity contribution in [2.75, 3.05) is 5.32 Å². The Morgan fingerprint density at radius 2 is 2.11 bits per heavy atom. The first-order valence-electron chi connectivity index (χ1n) is 4.97. The van der Waals surface area contributed by atoms with Gasteiger partial charge in [-0.3, -0.25) is 9.78 Å². The number of nitrogens with zero attached hydrogens (tertiary/aromatic N) is 3. The molecule has 18 heavy (non-hydrogen) atoms. The zero-order valence-electron chi connectivity index (χ0n) is 9.32. The van der Waals surface area contributed by atoms with E-state index in [1.54, 1.807) is 6.92 Å². The maximum atomic E-state index is 12.9. The molecule has 0 aliphatic rings. The molecule has 0 saturated heterocycles. The summed E-state index contributed by atoms with van der Waals surface area (Å²) in [6.07, 6.45) is 2.37. The number of hydrogen-bond acceptors (Lipinski definition) is 4. The van der Waals surface area contributed by atoms with Gasteiger partial charge in [-0.1, -0.05) is 0 Å². The fourth-order valence-corrected chi connectivity index (χ4v) is 1.55. The minimum atomic E-state index is -0.537. The summed E-state index contributed by atoms with van der Waals surface area (Å²) in [5.41, 5.74) is 0.918. The molecule has 1 amide bonds. The lowest BCUT2D eigenvalue weighted by atomic mass is 10.3. The van der Waals surface area contributed by atoms with Crippen LogP contribution in [0, 0.1) is 12.7 Å². The van der Waals surface area contributed by atoms with Crippen LogP contribution >= 0.6 is 11.6 Å². The Morgan fingerprint density at radius 3 is 2.78 bits per heavy atom. The van der Waals surface area contributed by atoms with Gasteiger partial charge < -0.3 is 5.32 Å². The van der Waals surface area contributed by atoms with Crippen LogP contribution in [-0.4, -0.2) is 20.9 Å². The van der Waals surface area contributed by atoms with Gasteiger partial charge >= 0.3 is 0 Å². The van der Waals surface area contributed by atoms with Crippen LogP contribution in [0.25, 0.3) is 0 Å².